The fourth-order valence-electron chi connectivity index (χ4n) is 2.54. The second kappa shape index (κ2) is 6.91. The molecule has 110 valence electrons. The minimum Gasteiger partial charge on any atom is -0.480 e. The third kappa shape index (κ3) is 4.33. The zero-order chi connectivity index (χ0) is 15.2. The van der Waals surface area contributed by atoms with Gasteiger partial charge in [0, 0.05) is 5.69 Å². The Balaban J connectivity index is 1.94. The number of carboxylic acid groups (broad SMARTS) is 1. The van der Waals surface area contributed by atoms with Crippen molar-refractivity contribution in [2.45, 2.75) is 19.3 Å². The van der Waals surface area contributed by atoms with Crippen molar-refractivity contribution < 1.29 is 14.7 Å². The summed E-state index contributed by atoms with van der Waals surface area (Å²) in [5, 5.41) is 11.6. The van der Waals surface area contributed by atoms with Gasteiger partial charge in [-0.3, -0.25) is 14.5 Å². The molecule has 0 aliphatic heterocycles. The van der Waals surface area contributed by atoms with Gasteiger partial charge in [-0.1, -0.05) is 12.0 Å². The third-order valence-corrected chi connectivity index (χ3v) is 3.42. The van der Waals surface area contributed by atoms with Crippen molar-refractivity contribution in [3.63, 3.8) is 0 Å². The number of carbonyl (C=O) groups is 2. The van der Waals surface area contributed by atoms with Crippen LogP contribution in [0.1, 0.15) is 17.5 Å². The topological polar surface area (TPSA) is 69.6 Å². The number of terminal acetylenes is 1. The number of nitrogens with zero attached hydrogens (tertiary/aromatic N) is 1. The molecule has 0 saturated carbocycles. The van der Waals surface area contributed by atoms with Crippen molar-refractivity contribution in [1.82, 2.24) is 4.90 Å². The highest BCUT2D eigenvalue weighted by Gasteiger charge is 2.15. The molecule has 0 heterocycles. The van der Waals surface area contributed by atoms with Crippen LogP contribution in [0.25, 0.3) is 0 Å². The normalized spacial score (nSPS) is 12.8. The van der Waals surface area contributed by atoms with E-state index in [0.717, 1.165) is 24.9 Å². The first kappa shape index (κ1) is 15.1. The third-order valence-electron chi connectivity index (χ3n) is 3.42. The summed E-state index contributed by atoms with van der Waals surface area (Å²) >= 11 is 0. The monoisotopic (exact) mass is 286 g/mol. The number of rotatable bonds is 6. The molecule has 1 amide bonds. The Morgan fingerprint density at radius 1 is 1.29 bits per heavy atom. The van der Waals surface area contributed by atoms with E-state index in [9.17, 15) is 9.59 Å². The van der Waals surface area contributed by atoms with E-state index in [1.54, 1.807) is 0 Å². The van der Waals surface area contributed by atoms with Crippen LogP contribution in [-0.2, 0) is 22.4 Å². The maximum absolute atomic E-state index is 12.0. The number of anilines is 1. The SMILES string of the molecule is C#CCN(CC(=O)O)CC(=O)Nc1ccc2c(c1)CCC2. The van der Waals surface area contributed by atoms with E-state index in [4.69, 9.17) is 11.5 Å². The van der Waals surface area contributed by atoms with E-state index in [1.165, 1.54) is 16.0 Å². The molecule has 5 nitrogen and oxygen atoms in total. The zero-order valence-corrected chi connectivity index (χ0v) is 11.8. The van der Waals surface area contributed by atoms with Crippen LogP contribution < -0.4 is 5.32 Å². The number of carbonyl (C=O) groups excluding carboxylic acids is 1. The van der Waals surface area contributed by atoms with Gasteiger partial charge in [-0.25, -0.2) is 0 Å². The molecule has 2 rings (SSSR count). The van der Waals surface area contributed by atoms with E-state index in [1.807, 2.05) is 18.2 Å². The molecule has 1 aliphatic carbocycles. The summed E-state index contributed by atoms with van der Waals surface area (Å²) in [5.41, 5.74) is 3.36. The van der Waals surface area contributed by atoms with Gasteiger partial charge in [0.2, 0.25) is 5.91 Å². The number of fused-ring (bicyclic) bond motifs is 1. The van der Waals surface area contributed by atoms with Crippen LogP contribution in [-0.4, -0.2) is 41.5 Å². The molecular formula is C16H18N2O3. The minimum atomic E-state index is -1.00. The molecule has 0 aromatic heterocycles. The van der Waals surface area contributed by atoms with Gasteiger partial charge in [0.25, 0.3) is 0 Å². The lowest BCUT2D eigenvalue weighted by Crippen LogP contribution is -2.37. The fourth-order valence-corrected chi connectivity index (χ4v) is 2.54. The summed E-state index contributed by atoms with van der Waals surface area (Å²) in [6.45, 7) is -0.153. The number of aliphatic carboxylic acids is 1. The van der Waals surface area contributed by atoms with Crippen LogP contribution in [0.5, 0.6) is 0 Å². The van der Waals surface area contributed by atoms with Crippen molar-refractivity contribution in [3.05, 3.63) is 29.3 Å². The van der Waals surface area contributed by atoms with Crippen LogP contribution in [0.4, 0.5) is 5.69 Å². The van der Waals surface area contributed by atoms with Crippen LogP contribution in [0.3, 0.4) is 0 Å². The lowest BCUT2D eigenvalue weighted by Gasteiger charge is -2.17. The number of benzene rings is 1. The summed E-state index contributed by atoms with van der Waals surface area (Å²) in [6, 6.07) is 5.90. The highest BCUT2D eigenvalue weighted by Crippen LogP contribution is 2.24. The lowest BCUT2D eigenvalue weighted by atomic mass is 10.1. The summed E-state index contributed by atoms with van der Waals surface area (Å²) in [5.74, 6) is 1.10. The number of amides is 1. The molecule has 0 saturated heterocycles. The van der Waals surface area contributed by atoms with Gasteiger partial charge in [0.15, 0.2) is 0 Å². The van der Waals surface area contributed by atoms with E-state index in [2.05, 4.69) is 11.2 Å². The van der Waals surface area contributed by atoms with E-state index < -0.39 is 5.97 Å². The molecule has 1 aromatic carbocycles. The van der Waals surface area contributed by atoms with Gasteiger partial charge in [-0.15, -0.1) is 6.42 Å². The van der Waals surface area contributed by atoms with Crippen LogP contribution in [0.15, 0.2) is 18.2 Å². The molecule has 2 N–H and O–H groups in total. The van der Waals surface area contributed by atoms with E-state index in [0.29, 0.717) is 0 Å². The molecular weight excluding hydrogens is 268 g/mol. The maximum Gasteiger partial charge on any atom is 0.317 e. The Bertz CT molecular complexity index is 590. The fraction of sp³-hybridized carbons (Fsp3) is 0.375. The Hall–Kier alpha value is -2.32. The second-order valence-electron chi connectivity index (χ2n) is 5.13. The molecule has 0 fully saturated rings. The van der Waals surface area contributed by atoms with Gasteiger partial charge in [0.1, 0.15) is 0 Å². The number of nitrogens with one attached hydrogen (secondary N) is 1. The predicted molar refractivity (Wildman–Crippen MR) is 80.0 cm³/mol. The summed E-state index contributed by atoms with van der Waals surface area (Å²) in [6.07, 6.45) is 8.47. The second-order valence-corrected chi connectivity index (χ2v) is 5.13. The largest absolute Gasteiger partial charge is 0.480 e. The molecule has 21 heavy (non-hydrogen) atoms. The van der Waals surface area contributed by atoms with Crippen molar-refractivity contribution in [2.75, 3.05) is 25.0 Å². The number of carboxylic acids is 1. The van der Waals surface area contributed by atoms with Gasteiger partial charge in [-0.2, -0.15) is 0 Å². The zero-order valence-electron chi connectivity index (χ0n) is 11.8. The summed E-state index contributed by atoms with van der Waals surface area (Å²) < 4.78 is 0. The molecule has 1 aromatic rings. The van der Waals surface area contributed by atoms with E-state index >= 15 is 0 Å². The average molecular weight is 286 g/mol. The van der Waals surface area contributed by atoms with Crippen molar-refractivity contribution in [1.29, 1.82) is 0 Å². The first-order chi connectivity index (χ1) is 10.1. The van der Waals surface area contributed by atoms with Gasteiger partial charge >= 0.3 is 5.97 Å². The minimum absolute atomic E-state index is 0.0341. The van der Waals surface area contributed by atoms with Crippen LogP contribution >= 0.6 is 0 Å². The van der Waals surface area contributed by atoms with Crippen LogP contribution in [0.2, 0.25) is 0 Å². The molecule has 0 atom stereocenters. The summed E-state index contributed by atoms with van der Waals surface area (Å²) in [4.78, 5) is 24.1. The van der Waals surface area contributed by atoms with Crippen molar-refractivity contribution in [2.24, 2.45) is 0 Å². The van der Waals surface area contributed by atoms with Crippen molar-refractivity contribution in [3.8, 4) is 12.3 Å². The Labute approximate surface area is 124 Å². The number of hydrogen-bond donors (Lipinski definition) is 2. The standard InChI is InChI=1S/C16H18N2O3/c1-2-8-18(11-16(20)21)10-15(19)17-14-7-6-12-4-3-5-13(12)9-14/h1,6-7,9H,3-5,8,10-11H2,(H,17,19)(H,20,21). The number of aryl methyl sites for hydroxylation is 2. The average Bonchev–Trinajstić information content (AvgIpc) is 2.85. The van der Waals surface area contributed by atoms with E-state index in [-0.39, 0.29) is 25.5 Å². The number of hydrogen-bond acceptors (Lipinski definition) is 3. The Morgan fingerprint density at radius 2 is 2.05 bits per heavy atom. The van der Waals surface area contributed by atoms with Crippen LogP contribution in [0, 0.1) is 12.3 Å². The molecule has 5 heteroatoms. The molecule has 0 unspecified atom stereocenters. The Morgan fingerprint density at radius 3 is 2.76 bits per heavy atom. The molecule has 1 aliphatic rings. The quantitative estimate of drug-likeness (QED) is 0.769. The molecule has 0 bridgehead atoms. The van der Waals surface area contributed by atoms with Crippen molar-refractivity contribution >= 4 is 17.6 Å². The summed E-state index contributed by atoms with van der Waals surface area (Å²) in [7, 11) is 0. The van der Waals surface area contributed by atoms with Gasteiger partial charge in [0.05, 0.1) is 19.6 Å². The molecule has 0 spiro atoms. The maximum atomic E-state index is 12.0. The first-order valence-electron chi connectivity index (χ1n) is 6.88. The highest BCUT2D eigenvalue weighted by atomic mass is 16.4. The Kier molecular flexibility index (Phi) is 4.96. The highest BCUT2D eigenvalue weighted by molar-refractivity contribution is 5.92. The first-order valence-corrected chi connectivity index (χ1v) is 6.88. The smallest absolute Gasteiger partial charge is 0.317 e. The lowest BCUT2D eigenvalue weighted by molar-refractivity contribution is -0.138. The van der Waals surface area contributed by atoms with Gasteiger partial charge in [-0.05, 0) is 42.5 Å². The predicted octanol–water partition coefficient (Wildman–Crippen LogP) is 1.13. The van der Waals surface area contributed by atoms with Gasteiger partial charge < -0.3 is 10.4 Å². The molecule has 0 radical (unpaired) electrons.